The number of nitrogens with zero attached hydrogens (tertiary/aromatic N) is 2. The van der Waals surface area contributed by atoms with E-state index >= 15 is 0 Å². The first-order valence-corrected chi connectivity index (χ1v) is 8.80. The normalized spacial score (nSPS) is 16.2. The monoisotopic (exact) mass is 427 g/mol. The van der Waals surface area contributed by atoms with Gasteiger partial charge in [0.25, 0.3) is 5.91 Å². The first-order chi connectivity index (χ1) is 13.3. The fraction of sp³-hybridized carbons (Fsp3) is 0.611. The fourth-order valence-corrected chi connectivity index (χ4v) is 2.79. The number of rotatable bonds is 2. The van der Waals surface area contributed by atoms with Gasteiger partial charge in [-0.2, -0.15) is 13.2 Å². The second-order valence-electron chi connectivity index (χ2n) is 6.46. The van der Waals surface area contributed by atoms with E-state index in [1.165, 1.54) is 32.9 Å². The second kappa shape index (κ2) is 9.84. The maximum Gasteiger partial charge on any atom is 0.418 e. The maximum atomic E-state index is 13.5. The molecule has 0 saturated carbocycles. The van der Waals surface area contributed by atoms with Crippen LogP contribution in [0.25, 0.3) is 0 Å². The van der Waals surface area contributed by atoms with Crippen LogP contribution in [-0.2, 0) is 15.7 Å². The van der Waals surface area contributed by atoms with E-state index in [4.69, 9.17) is 0 Å². The minimum Gasteiger partial charge on any atom is -0.469 e. The summed E-state index contributed by atoms with van der Waals surface area (Å²) in [7, 11) is 2.64. The minimum absolute atomic E-state index is 0. The molecular weight excluding hydrogens is 401 g/mol. The maximum absolute atomic E-state index is 13.5. The van der Waals surface area contributed by atoms with Crippen LogP contribution in [0.1, 0.15) is 49.1 Å². The van der Waals surface area contributed by atoms with Gasteiger partial charge in [-0.05, 0) is 18.9 Å². The molecule has 1 saturated heterocycles. The number of carbonyl (C=O) groups excluding carboxylic acids is 2. The molecule has 0 bridgehead atoms. The van der Waals surface area contributed by atoms with E-state index in [1.807, 2.05) is 0 Å². The Hall–Kier alpha value is -2.46. The van der Waals surface area contributed by atoms with Crippen LogP contribution in [0.15, 0.2) is 6.20 Å². The fourth-order valence-electron chi connectivity index (χ4n) is 2.79. The first-order valence-electron chi connectivity index (χ1n) is 8.80. The van der Waals surface area contributed by atoms with Gasteiger partial charge in [-0.3, -0.25) is 9.59 Å². The highest BCUT2D eigenvalue weighted by atomic mass is 19.4. The van der Waals surface area contributed by atoms with Crippen LogP contribution >= 0.6 is 0 Å². The van der Waals surface area contributed by atoms with Crippen molar-refractivity contribution >= 4 is 17.7 Å². The van der Waals surface area contributed by atoms with Crippen LogP contribution in [0, 0.1) is 6.92 Å². The number of halogens is 5. The molecule has 1 amide bonds. The molecule has 1 aromatic rings. The number of hydrogen-bond acceptors (Lipinski definition) is 5. The number of aromatic nitrogens is 1. The number of esters is 1. The molecule has 0 radical (unpaired) electrons. The molecule has 29 heavy (non-hydrogen) atoms. The SMILES string of the molecule is CNC(=O)c1c(N2CCCC(F)(F)CC2)ncc(C(F)(F)F)c1C.COC(C)=O.[HH]. The molecule has 0 aromatic carbocycles. The van der Waals surface area contributed by atoms with Gasteiger partial charge in [0.1, 0.15) is 5.82 Å². The summed E-state index contributed by atoms with van der Waals surface area (Å²) in [6.45, 7) is 2.68. The van der Waals surface area contributed by atoms with Crippen LogP contribution < -0.4 is 10.2 Å². The molecule has 0 aliphatic carbocycles. The van der Waals surface area contributed by atoms with Crippen LogP contribution in [-0.4, -0.2) is 50.0 Å². The topological polar surface area (TPSA) is 71.5 Å². The molecular formula is C18H26F5N3O3. The Morgan fingerprint density at radius 2 is 1.86 bits per heavy atom. The van der Waals surface area contributed by atoms with Gasteiger partial charge in [-0.25, -0.2) is 13.8 Å². The van der Waals surface area contributed by atoms with Gasteiger partial charge in [-0.15, -0.1) is 0 Å². The van der Waals surface area contributed by atoms with Crippen LogP contribution in [0.2, 0.25) is 0 Å². The molecule has 1 N–H and O–H groups in total. The third kappa shape index (κ3) is 6.82. The van der Waals surface area contributed by atoms with Crippen molar-refractivity contribution < 1.29 is 37.7 Å². The molecule has 11 heteroatoms. The van der Waals surface area contributed by atoms with Gasteiger partial charge < -0.3 is 15.0 Å². The number of carbonyl (C=O) groups is 2. The first kappa shape index (κ1) is 24.6. The lowest BCUT2D eigenvalue weighted by atomic mass is 10.0. The molecule has 0 spiro atoms. The zero-order valence-corrected chi connectivity index (χ0v) is 16.6. The lowest BCUT2D eigenvalue weighted by Crippen LogP contribution is -2.31. The molecule has 0 unspecified atom stereocenters. The summed E-state index contributed by atoms with van der Waals surface area (Å²) >= 11 is 0. The van der Waals surface area contributed by atoms with Gasteiger partial charge >= 0.3 is 12.1 Å². The smallest absolute Gasteiger partial charge is 0.418 e. The van der Waals surface area contributed by atoms with Crippen LogP contribution in [0.4, 0.5) is 27.8 Å². The predicted octanol–water partition coefficient (Wildman–Crippen LogP) is 3.82. The quantitative estimate of drug-likeness (QED) is 0.574. The van der Waals surface area contributed by atoms with Gasteiger partial charge in [0, 0.05) is 47.5 Å². The van der Waals surface area contributed by atoms with Crippen LogP contribution in [0.3, 0.4) is 0 Å². The van der Waals surface area contributed by atoms with Gasteiger partial charge in [0.05, 0.1) is 18.2 Å². The van der Waals surface area contributed by atoms with Crippen molar-refractivity contribution in [3.63, 3.8) is 0 Å². The Bertz CT molecular complexity index is 745. The molecule has 6 nitrogen and oxygen atoms in total. The third-order valence-electron chi connectivity index (χ3n) is 4.38. The number of methoxy groups -OCH3 is 1. The number of pyridine rings is 1. The highest BCUT2D eigenvalue weighted by Gasteiger charge is 2.37. The standard InChI is InChI=1S/C15H18F5N3O.C3H6O2.H2/c1-9-10(15(18,19)20)8-22-12(11(9)13(24)21-2)23-6-3-4-14(16,17)5-7-23;1-3(4)5-2;/h8H,3-7H2,1-2H3,(H,21,24);1-2H3;1H. The van der Waals surface area contributed by atoms with E-state index in [1.54, 1.807) is 0 Å². The van der Waals surface area contributed by atoms with Crippen molar-refractivity contribution in [2.24, 2.45) is 0 Å². The van der Waals surface area contributed by atoms with Gasteiger partial charge in [0.2, 0.25) is 5.92 Å². The molecule has 1 aromatic heterocycles. The Balaban J connectivity index is 0.00000125. The van der Waals surface area contributed by atoms with E-state index < -0.39 is 30.0 Å². The lowest BCUT2D eigenvalue weighted by molar-refractivity contribution is -0.139. The predicted molar refractivity (Wildman–Crippen MR) is 98.2 cm³/mol. The van der Waals surface area contributed by atoms with Crippen molar-refractivity contribution in [2.75, 3.05) is 32.1 Å². The van der Waals surface area contributed by atoms with E-state index in [2.05, 4.69) is 15.0 Å². The average Bonchev–Trinajstić information content (AvgIpc) is 2.80. The molecule has 1 aliphatic rings. The summed E-state index contributed by atoms with van der Waals surface area (Å²) in [4.78, 5) is 26.9. The summed E-state index contributed by atoms with van der Waals surface area (Å²) in [5, 5.41) is 2.29. The number of ether oxygens (including phenoxy) is 1. The number of amides is 1. The lowest BCUT2D eigenvalue weighted by Gasteiger charge is -2.26. The Morgan fingerprint density at radius 1 is 1.28 bits per heavy atom. The summed E-state index contributed by atoms with van der Waals surface area (Å²) < 4.78 is 70.3. The summed E-state index contributed by atoms with van der Waals surface area (Å²) in [6.07, 6.45) is -4.55. The average molecular weight is 427 g/mol. The van der Waals surface area contributed by atoms with E-state index in [0.29, 0.717) is 6.20 Å². The minimum atomic E-state index is -4.65. The number of nitrogens with one attached hydrogen (secondary N) is 1. The molecule has 1 aliphatic heterocycles. The molecule has 1 fully saturated rings. The van der Waals surface area contributed by atoms with Gasteiger partial charge in [-0.1, -0.05) is 0 Å². The molecule has 2 rings (SSSR count). The summed E-state index contributed by atoms with van der Waals surface area (Å²) in [5.41, 5.74) is -1.49. The van der Waals surface area contributed by atoms with Crippen molar-refractivity contribution in [1.29, 1.82) is 0 Å². The zero-order valence-electron chi connectivity index (χ0n) is 16.6. The largest absolute Gasteiger partial charge is 0.469 e. The van der Waals surface area contributed by atoms with E-state index in [0.717, 1.165) is 0 Å². The Kier molecular flexibility index (Phi) is 8.34. The number of alkyl halides is 5. The molecule has 2 heterocycles. The van der Waals surface area contributed by atoms with Crippen LogP contribution in [0.5, 0.6) is 0 Å². The van der Waals surface area contributed by atoms with Gasteiger partial charge in [0.15, 0.2) is 0 Å². The van der Waals surface area contributed by atoms with Crippen molar-refractivity contribution in [2.45, 2.75) is 45.2 Å². The zero-order chi connectivity index (χ0) is 22.4. The van der Waals surface area contributed by atoms with E-state index in [-0.39, 0.29) is 50.3 Å². The number of hydrogen-bond donors (Lipinski definition) is 1. The van der Waals surface area contributed by atoms with Crippen molar-refractivity contribution in [3.8, 4) is 0 Å². The molecule has 0 atom stereocenters. The Morgan fingerprint density at radius 3 is 2.34 bits per heavy atom. The molecule has 166 valence electrons. The number of anilines is 1. The summed E-state index contributed by atoms with van der Waals surface area (Å²) in [6, 6.07) is 0. The Labute approximate surface area is 166 Å². The van der Waals surface area contributed by atoms with Crippen molar-refractivity contribution in [1.82, 2.24) is 10.3 Å². The highest BCUT2D eigenvalue weighted by Crippen LogP contribution is 2.36. The summed E-state index contributed by atoms with van der Waals surface area (Å²) in [5.74, 6) is -3.78. The van der Waals surface area contributed by atoms with Crippen molar-refractivity contribution in [3.05, 3.63) is 22.9 Å². The highest BCUT2D eigenvalue weighted by molar-refractivity contribution is 6.00. The third-order valence-corrected chi connectivity index (χ3v) is 4.38. The van der Waals surface area contributed by atoms with E-state index in [9.17, 15) is 31.5 Å². The second-order valence-corrected chi connectivity index (χ2v) is 6.46.